The minimum Gasteiger partial charge on any atom is -0.489 e. The first-order valence-electron chi connectivity index (χ1n) is 6.50. The normalized spacial score (nSPS) is 12.5. The molecule has 3 heteroatoms. The first-order valence-corrected chi connectivity index (χ1v) is 6.50. The molecular weight excluding hydrogens is 236 g/mol. The predicted molar refractivity (Wildman–Crippen MR) is 77.2 cm³/mol. The minimum absolute atomic E-state index is 0.131. The van der Waals surface area contributed by atoms with Crippen molar-refractivity contribution in [2.75, 3.05) is 0 Å². The molecular formula is C16H20N2O. The van der Waals surface area contributed by atoms with E-state index in [0.717, 1.165) is 16.9 Å². The summed E-state index contributed by atoms with van der Waals surface area (Å²) >= 11 is 0. The molecule has 0 amide bonds. The lowest BCUT2D eigenvalue weighted by Gasteiger charge is -2.16. The third kappa shape index (κ3) is 3.32. The standard InChI is InChI=1S/C16H20N2O/c1-11(2)19-14-8-13(9-18-10-14)16(17)15-7-5-4-6-12(15)3/h4-11,16H,17H2,1-3H3. The third-order valence-electron chi connectivity index (χ3n) is 2.99. The van der Waals surface area contributed by atoms with Crippen LogP contribution in [0, 0.1) is 6.92 Å². The highest BCUT2D eigenvalue weighted by Crippen LogP contribution is 2.24. The van der Waals surface area contributed by atoms with E-state index in [9.17, 15) is 0 Å². The summed E-state index contributed by atoms with van der Waals surface area (Å²) in [6.07, 6.45) is 3.64. The Morgan fingerprint density at radius 1 is 1.16 bits per heavy atom. The van der Waals surface area contributed by atoms with E-state index in [1.807, 2.05) is 32.0 Å². The zero-order valence-corrected chi connectivity index (χ0v) is 11.6. The molecule has 1 unspecified atom stereocenters. The highest BCUT2D eigenvalue weighted by molar-refractivity contribution is 5.37. The Kier molecular flexibility index (Phi) is 4.17. The van der Waals surface area contributed by atoms with Gasteiger partial charge in [-0.25, -0.2) is 0 Å². The molecule has 0 radical (unpaired) electrons. The molecule has 0 spiro atoms. The number of hydrogen-bond acceptors (Lipinski definition) is 3. The van der Waals surface area contributed by atoms with Crippen molar-refractivity contribution in [2.45, 2.75) is 32.9 Å². The van der Waals surface area contributed by atoms with Crippen LogP contribution in [0.2, 0.25) is 0 Å². The molecule has 0 saturated heterocycles. The molecule has 100 valence electrons. The van der Waals surface area contributed by atoms with E-state index in [0.29, 0.717) is 0 Å². The first kappa shape index (κ1) is 13.6. The Balaban J connectivity index is 2.29. The van der Waals surface area contributed by atoms with E-state index in [2.05, 4.69) is 24.0 Å². The van der Waals surface area contributed by atoms with Crippen LogP contribution in [0.3, 0.4) is 0 Å². The fourth-order valence-electron chi connectivity index (χ4n) is 2.06. The van der Waals surface area contributed by atoms with Crippen LogP contribution in [0.4, 0.5) is 0 Å². The maximum atomic E-state index is 6.32. The molecule has 1 atom stereocenters. The van der Waals surface area contributed by atoms with Gasteiger partial charge >= 0.3 is 0 Å². The van der Waals surface area contributed by atoms with Crippen LogP contribution in [0.5, 0.6) is 5.75 Å². The fraction of sp³-hybridized carbons (Fsp3) is 0.312. The second-order valence-corrected chi connectivity index (χ2v) is 4.95. The summed E-state index contributed by atoms with van der Waals surface area (Å²) in [5, 5.41) is 0. The van der Waals surface area contributed by atoms with Crippen molar-refractivity contribution in [1.82, 2.24) is 4.98 Å². The largest absolute Gasteiger partial charge is 0.489 e. The zero-order valence-electron chi connectivity index (χ0n) is 11.6. The van der Waals surface area contributed by atoms with Crippen molar-refractivity contribution in [3.63, 3.8) is 0 Å². The van der Waals surface area contributed by atoms with Gasteiger partial charge in [-0.2, -0.15) is 0 Å². The Labute approximate surface area is 114 Å². The van der Waals surface area contributed by atoms with Crippen LogP contribution in [0.1, 0.15) is 36.6 Å². The van der Waals surface area contributed by atoms with Gasteiger partial charge in [0.25, 0.3) is 0 Å². The summed E-state index contributed by atoms with van der Waals surface area (Å²) in [5.74, 6) is 0.761. The molecule has 19 heavy (non-hydrogen) atoms. The van der Waals surface area contributed by atoms with Crippen molar-refractivity contribution in [2.24, 2.45) is 5.73 Å². The van der Waals surface area contributed by atoms with Gasteiger partial charge in [-0.05, 0) is 43.5 Å². The molecule has 1 aromatic heterocycles. The maximum Gasteiger partial charge on any atom is 0.138 e. The van der Waals surface area contributed by atoms with Crippen molar-refractivity contribution < 1.29 is 4.74 Å². The van der Waals surface area contributed by atoms with Gasteiger partial charge in [-0.1, -0.05) is 24.3 Å². The number of hydrogen-bond donors (Lipinski definition) is 1. The highest BCUT2D eigenvalue weighted by Gasteiger charge is 2.12. The van der Waals surface area contributed by atoms with Gasteiger partial charge < -0.3 is 10.5 Å². The van der Waals surface area contributed by atoms with Crippen LogP contribution >= 0.6 is 0 Å². The molecule has 1 aromatic carbocycles. The predicted octanol–water partition coefficient (Wildman–Crippen LogP) is 3.23. The van der Waals surface area contributed by atoms with Crippen LogP contribution < -0.4 is 10.5 Å². The van der Waals surface area contributed by atoms with E-state index in [1.54, 1.807) is 12.4 Å². The SMILES string of the molecule is Cc1ccccc1C(N)c1cncc(OC(C)C)c1. The van der Waals surface area contributed by atoms with Gasteiger partial charge in [-0.15, -0.1) is 0 Å². The molecule has 0 fully saturated rings. The number of benzene rings is 1. The molecule has 2 N–H and O–H groups in total. The molecule has 0 aliphatic carbocycles. The summed E-state index contributed by atoms with van der Waals surface area (Å²) in [5.41, 5.74) is 9.59. The number of aryl methyl sites for hydroxylation is 1. The zero-order chi connectivity index (χ0) is 13.8. The molecule has 0 bridgehead atoms. The van der Waals surface area contributed by atoms with Crippen molar-refractivity contribution >= 4 is 0 Å². The van der Waals surface area contributed by atoms with Gasteiger partial charge in [0.1, 0.15) is 5.75 Å². The van der Waals surface area contributed by atoms with E-state index < -0.39 is 0 Å². The minimum atomic E-state index is -0.176. The molecule has 2 aromatic rings. The molecule has 0 aliphatic heterocycles. The number of nitrogens with two attached hydrogens (primary N) is 1. The summed E-state index contributed by atoms with van der Waals surface area (Å²) in [7, 11) is 0. The maximum absolute atomic E-state index is 6.32. The molecule has 2 rings (SSSR count). The molecule has 1 heterocycles. The number of aromatic nitrogens is 1. The van der Waals surface area contributed by atoms with Crippen LogP contribution in [-0.2, 0) is 0 Å². The number of nitrogens with zero attached hydrogens (tertiary/aromatic N) is 1. The molecule has 0 aliphatic rings. The third-order valence-corrected chi connectivity index (χ3v) is 2.99. The Morgan fingerprint density at radius 2 is 1.89 bits per heavy atom. The summed E-state index contributed by atoms with van der Waals surface area (Å²) in [4.78, 5) is 4.21. The van der Waals surface area contributed by atoms with Gasteiger partial charge in [0.2, 0.25) is 0 Å². The second kappa shape index (κ2) is 5.85. The van der Waals surface area contributed by atoms with E-state index >= 15 is 0 Å². The summed E-state index contributed by atoms with van der Waals surface area (Å²) < 4.78 is 5.65. The number of ether oxygens (including phenoxy) is 1. The highest BCUT2D eigenvalue weighted by atomic mass is 16.5. The summed E-state index contributed by atoms with van der Waals surface area (Å²) in [6.45, 7) is 6.05. The first-order chi connectivity index (χ1) is 9.08. The fourth-order valence-corrected chi connectivity index (χ4v) is 2.06. The average molecular weight is 256 g/mol. The lowest BCUT2D eigenvalue weighted by molar-refractivity contribution is 0.241. The van der Waals surface area contributed by atoms with Crippen molar-refractivity contribution in [1.29, 1.82) is 0 Å². The molecule has 0 saturated carbocycles. The Morgan fingerprint density at radius 3 is 2.58 bits per heavy atom. The average Bonchev–Trinajstić information content (AvgIpc) is 2.38. The number of rotatable bonds is 4. The van der Waals surface area contributed by atoms with Crippen LogP contribution in [-0.4, -0.2) is 11.1 Å². The van der Waals surface area contributed by atoms with Gasteiger partial charge in [0.05, 0.1) is 18.3 Å². The summed E-state index contributed by atoms with van der Waals surface area (Å²) in [6, 6.07) is 9.92. The van der Waals surface area contributed by atoms with Gasteiger partial charge in [0.15, 0.2) is 0 Å². The topological polar surface area (TPSA) is 48.1 Å². The second-order valence-electron chi connectivity index (χ2n) is 4.95. The van der Waals surface area contributed by atoms with Crippen LogP contribution in [0.15, 0.2) is 42.7 Å². The van der Waals surface area contributed by atoms with E-state index in [-0.39, 0.29) is 12.1 Å². The smallest absolute Gasteiger partial charge is 0.138 e. The quantitative estimate of drug-likeness (QED) is 0.913. The van der Waals surface area contributed by atoms with Crippen molar-refractivity contribution in [3.05, 3.63) is 59.4 Å². The van der Waals surface area contributed by atoms with E-state index in [1.165, 1.54) is 5.56 Å². The monoisotopic (exact) mass is 256 g/mol. The van der Waals surface area contributed by atoms with Crippen molar-refractivity contribution in [3.8, 4) is 5.75 Å². The van der Waals surface area contributed by atoms with E-state index in [4.69, 9.17) is 10.5 Å². The van der Waals surface area contributed by atoms with Gasteiger partial charge in [0, 0.05) is 6.20 Å². The lowest BCUT2D eigenvalue weighted by Crippen LogP contribution is -2.14. The molecule has 3 nitrogen and oxygen atoms in total. The van der Waals surface area contributed by atoms with Crippen LogP contribution in [0.25, 0.3) is 0 Å². The Hall–Kier alpha value is -1.87. The van der Waals surface area contributed by atoms with Gasteiger partial charge in [-0.3, -0.25) is 4.98 Å². The Bertz CT molecular complexity index is 552. The lowest BCUT2D eigenvalue weighted by atomic mass is 9.97. The number of pyridine rings is 1.